The zero-order valence-corrected chi connectivity index (χ0v) is 15.2. The zero-order chi connectivity index (χ0) is 18.8. The number of nitrogens with zero attached hydrogens (tertiary/aromatic N) is 3. The van der Waals surface area contributed by atoms with Gasteiger partial charge in [0.05, 0.1) is 6.04 Å². The van der Waals surface area contributed by atoms with Crippen LogP contribution in [0.1, 0.15) is 25.0 Å². The molecule has 0 aliphatic heterocycles. The second kappa shape index (κ2) is 10.1. The first-order valence-electron chi connectivity index (χ1n) is 8.77. The standard InChI is InChI=1S/C20H25N5O/c1-15(2)22-20(26)23-18(13-16-9-5-3-6-10-16)19(24-25-21)14-17-11-7-4-8-12-17/h3-12,15,18-19H,13-14H2,1-2H3,(H2,22,23,26)/t18-,19-/m0/s1. The van der Waals surface area contributed by atoms with Crippen molar-refractivity contribution in [3.8, 4) is 0 Å². The van der Waals surface area contributed by atoms with Gasteiger partial charge in [0.1, 0.15) is 0 Å². The summed E-state index contributed by atoms with van der Waals surface area (Å²) >= 11 is 0. The number of hydrogen-bond acceptors (Lipinski definition) is 2. The van der Waals surface area contributed by atoms with Gasteiger partial charge >= 0.3 is 6.03 Å². The lowest BCUT2D eigenvalue weighted by molar-refractivity contribution is 0.232. The SMILES string of the molecule is CC(C)NC(=O)N[C@@H](Cc1ccccc1)[C@H](Cc1ccccc1)N=[N+]=[N-]. The lowest BCUT2D eigenvalue weighted by atomic mass is 9.94. The summed E-state index contributed by atoms with van der Waals surface area (Å²) in [6.07, 6.45) is 1.15. The quantitative estimate of drug-likeness (QED) is 0.416. The van der Waals surface area contributed by atoms with Gasteiger partial charge in [0, 0.05) is 17.0 Å². The van der Waals surface area contributed by atoms with Crippen LogP contribution >= 0.6 is 0 Å². The van der Waals surface area contributed by atoms with Crippen LogP contribution in [0.4, 0.5) is 4.79 Å². The van der Waals surface area contributed by atoms with Crippen LogP contribution < -0.4 is 10.6 Å². The van der Waals surface area contributed by atoms with E-state index in [2.05, 4.69) is 20.7 Å². The smallest absolute Gasteiger partial charge is 0.315 e. The van der Waals surface area contributed by atoms with Crippen LogP contribution in [0.15, 0.2) is 65.8 Å². The topological polar surface area (TPSA) is 89.9 Å². The minimum Gasteiger partial charge on any atom is -0.336 e. The monoisotopic (exact) mass is 351 g/mol. The molecule has 2 amide bonds. The van der Waals surface area contributed by atoms with Gasteiger partial charge in [0.25, 0.3) is 0 Å². The van der Waals surface area contributed by atoms with Crippen LogP contribution in [0.5, 0.6) is 0 Å². The van der Waals surface area contributed by atoms with Crippen molar-refractivity contribution < 1.29 is 4.79 Å². The summed E-state index contributed by atoms with van der Waals surface area (Å²) in [6.45, 7) is 3.81. The fourth-order valence-corrected chi connectivity index (χ4v) is 2.81. The Morgan fingerprint density at radius 3 is 2.00 bits per heavy atom. The van der Waals surface area contributed by atoms with Gasteiger partial charge in [-0.05, 0) is 43.3 Å². The molecule has 6 heteroatoms. The van der Waals surface area contributed by atoms with Crippen molar-refractivity contribution in [3.05, 3.63) is 82.2 Å². The van der Waals surface area contributed by atoms with E-state index in [1.807, 2.05) is 74.5 Å². The number of hydrogen-bond donors (Lipinski definition) is 2. The Labute approximate surface area is 154 Å². The van der Waals surface area contributed by atoms with Crippen LogP contribution in [-0.2, 0) is 12.8 Å². The second-order valence-electron chi connectivity index (χ2n) is 6.53. The lowest BCUT2D eigenvalue weighted by Crippen LogP contribution is -2.50. The van der Waals surface area contributed by atoms with E-state index >= 15 is 0 Å². The maximum atomic E-state index is 12.3. The van der Waals surface area contributed by atoms with Crippen molar-refractivity contribution in [3.63, 3.8) is 0 Å². The number of azide groups is 1. The molecule has 136 valence electrons. The van der Waals surface area contributed by atoms with Gasteiger partial charge in [-0.3, -0.25) is 0 Å². The molecule has 0 heterocycles. The highest BCUT2D eigenvalue weighted by Crippen LogP contribution is 2.14. The van der Waals surface area contributed by atoms with Crippen LogP contribution in [0.3, 0.4) is 0 Å². The summed E-state index contributed by atoms with van der Waals surface area (Å²) in [5.41, 5.74) is 11.2. The molecule has 2 N–H and O–H groups in total. The Kier molecular flexibility index (Phi) is 7.52. The minimum absolute atomic E-state index is 0.0272. The van der Waals surface area contributed by atoms with Gasteiger partial charge in [-0.15, -0.1) is 0 Å². The average Bonchev–Trinajstić information content (AvgIpc) is 2.62. The fraction of sp³-hybridized carbons (Fsp3) is 0.350. The first-order valence-corrected chi connectivity index (χ1v) is 8.77. The van der Waals surface area contributed by atoms with Gasteiger partial charge in [0.15, 0.2) is 0 Å². The fourth-order valence-electron chi connectivity index (χ4n) is 2.81. The van der Waals surface area contributed by atoms with E-state index in [-0.39, 0.29) is 24.2 Å². The highest BCUT2D eigenvalue weighted by Gasteiger charge is 2.23. The molecule has 0 aliphatic rings. The Morgan fingerprint density at radius 1 is 0.962 bits per heavy atom. The predicted octanol–water partition coefficient (Wildman–Crippen LogP) is 4.23. The number of urea groups is 1. The summed E-state index contributed by atoms with van der Waals surface area (Å²) in [7, 11) is 0. The number of carbonyl (C=O) groups excluding carboxylic acids is 1. The van der Waals surface area contributed by atoms with Gasteiger partial charge in [-0.25, -0.2) is 4.79 Å². The molecule has 2 rings (SSSR count). The highest BCUT2D eigenvalue weighted by molar-refractivity contribution is 5.74. The molecule has 0 unspecified atom stereocenters. The molecule has 0 saturated carbocycles. The number of amides is 2. The molecule has 2 aromatic carbocycles. The minimum atomic E-state index is -0.388. The number of nitrogens with one attached hydrogen (secondary N) is 2. The van der Waals surface area contributed by atoms with Gasteiger partial charge < -0.3 is 10.6 Å². The molecule has 0 fully saturated rings. The summed E-state index contributed by atoms with van der Waals surface area (Å²) in [6, 6.07) is 18.8. The maximum absolute atomic E-state index is 12.3. The molecule has 0 aliphatic carbocycles. The van der Waals surface area contributed by atoms with Gasteiger partial charge in [0.2, 0.25) is 0 Å². The lowest BCUT2D eigenvalue weighted by Gasteiger charge is -2.26. The number of rotatable bonds is 8. The van der Waals surface area contributed by atoms with E-state index in [1.165, 1.54) is 0 Å². The maximum Gasteiger partial charge on any atom is 0.315 e. The zero-order valence-electron chi connectivity index (χ0n) is 15.2. The Morgan fingerprint density at radius 2 is 1.50 bits per heavy atom. The summed E-state index contributed by atoms with van der Waals surface area (Å²) < 4.78 is 0. The molecule has 0 spiro atoms. The van der Waals surface area contributed by atoms with E-state index in [4.69, 9.17) is 5.53 Å². The summed E-state index contributed by atoms with van der Waals surface area (Å²) in [4.78, 5) is 15.3. The van der Waals surface area contributed by atoms with Crippen molar-refractivity contribution in [2.45, 2.75) is 44.8 Å². The third-order valence-electron chi connectivity index (χ3n) is 3.99. The second-order valence-corrected chi connectivity index (χ2v) is 6.53. The average molecular weight is 351 g/mol. The van der Waals surface area contributed by atoms with E-state index in [0.717, 1.165) is 11.1 Å². The Balaban J connectivity index is 2.22. The normalized spacial score (nSPS) is 12.7. The molecule has 2 aromatic rings. The van der Waals surface area contributed by atoms with Gasteiger partial charge in [-0.1, -0.05) is 65.8 Å². The van der Waals surface area contributed by atoms with Crippen LogP contribution in [-0.4, -0.2) is 24.2 Å². The molecular formula is C20H25N5O. The molecule has 0 saturated heterocycles. The molecule has 0 radical (unpaired) electrons. The molecule has 2 atom stereocenters. The molecular weight excluding hydrogens is 326 g/mol. The van der Waals surface area contributed by atoms with E-state index in [1.54, 1.807) is 0 Å². The van der Waals surface area contributed by atoms with Crippen LogP contribution in [0, 0.1) is 0 Å². The molecule has 0 aromatic heterocycles. The molecule has 0 bridgehead atoms. The van der Waals surface area contributed by atoms with Crippen molar-refractivity contribution in [2.75, 3.05) is 0 Å². The predicted molar refractivity (Wildman–Crippen MR) is 104 cm³/mol. The Hall–Kier alpha value is -2.98. The van der Waals surface area contributed by atoms with Crippen LogP contribution in [0.2, 0.25) is 0 Å². The van der Waals surface area contributed by atoms with Crippen molar-refractivity contribution in [2.24, 2.45) is 5.11 Å². The van der Waals surface area contributed by atoms with Gasteiger partial charge in [-0.2, -0.15) is 0 Å². The number of benzene rings is 2. The van der Waals surface area contributed by atoms with Crippen LogP contribution in [0.25, 0.3) is 10.4 Å². The van der Waals surface area contributed by atoms with Crippen molar-refractivity contribution in [1.29, 1.82) is 0 Å². The van der Waals surface area contributed by atoms with E-state index < -0.39 is 0 Å². The third-order valence-corrected chi connectivity index (χ3v) is 3.99. The van der Waals surface area contributed by atoms with Crippen molar-refractivity contribution in [1.82, 2.24) is 10.6 Å². The third kappa shape index (κ3) is 6.49. The van der Waals surface area contributed by atoms with E-state index in [9.17, 15) is 4.79 Å². The summed E-state index contributed by atoms with van der Waals surface area (Å²) in [5.74, 6) is 0. The largest absolute Gasteiger partial charge is 0.336 e. The Bertz CT molecular complexity index is 726. The number of carbonyl (C=O) groups is 1. The molecule has 26 heavy (non-hydrogen) atoms. The van der Waals surface area contributed by atoms with E-state index in [0.29, 0.717) is 12.8 Å². The molecule has 6 nitrogen and oxygen atoms in total. The first kappa shape index (κ1) is 19.3. The first-order chi connectivity index (χ1) is 12.6. The van der Waals surface area contributed by atoms with Crippen molar-refractivity contribution >= 4 is 6.03 Å². The highest BCUT2D eigenvalue weighted by atomic mass is 16.2. The summed E-state index contributed by atoms with van der Waals surface area (Å²) in [5, 5.41) is 9.81.